The van der Waals surface area contributed by atoms with Gasteiger partial charge in [0.25, 0.3) is 12.3 Å². The van der Waals surface area contributed by atoms with Gasteiger partial charge in [-0.1, -0.05) is 23.7 Å². The summed E-state index contributed by atoms with van der Waals surface area (Å²) in [4.78, 5) is 34.3. The van der Waals surface area contributed by atoms with Crippen molar-refractivity contribution in [2.45, 2.75) is 44.7 Å². The second-order valence-electron chi connectivity index (χ2n) is 9.28. The molecule has 0 aliphatic heterocycles. The van der Waals surface area contributed by atoms with Crippen molar-refractivity contribution in [1.82, 2.24) is 24.4 Å². The number of amides is 1. The van der Waals surface area contributed by atoms with Crippen LogP contribution in [0.3, 0.4) is 0 Å². The van der Waals surface area contributed by atoms with Crippen LogP contribution < -0.4 is 11.0 Å². The van der Waals surface area contributed by atoms with Crippen molar-refractivity contribution >= 4 is 28.7 Å². The lowest BCUT2D eigenvalue weighted by Crippen LogP contribution is -2.39. The molecule has 8 nitrogen and oxygen atoms in total. The predicted octanol–water partition coefficient (Wildman–Crippen LogP) is 5.03. The number of rotatable bonds is 6. The van der Waals surface area contributed by atoms with Gasteiger partial charge in [0.2, 0.25) is 0 Å². The number of benzene rings is 1. The van der Waals surface area contributed by atoms with E-state index in [4.69, 9.17) is 11.6 Å². The first-order valence-corrected chi connectivity index (χ1v) is 12.6. The smallest absolute Gasteiger partial charge is 0.335 e. The van der Waals surface area contributed by atoms with E-state index < -0.39 is 18.0 Å². The molecular formula is C27H23ClF2N6O2. The number of imidazole rings is 1. The lowest BCUT2D eigenvalue weighted by Gasteiger charge is -2.29. The molecule has 0 bridgehead atoms. The van der Waals surface area contributed by atoms with Gasteiger partial charge in [-0.3, -0.25) is 14.3 Å². The van der Waals surface area contributed by atoms with Gasteiger partial charge in [-0.2, -0.15) is 5.26 Å². The summed E-state index contributed by atoms with van der Waals surface area (Å²) in [6.45, 7) is 0.456. The summed E-state index contributed by atoms with van der Waals surface area (Å²) in [5, 5.41) is 12.5. The highest BCUT2D eigenvalue weighted by Gasteiger charge is 2.27. The normalized spacial score (nSPS) is 17.4. The second-order valence-corrected chi connectivity index (χ2v) is 9.72. The van der Waals surface area contributed by atoms with Crippen LogP contribution in [0.2, 0.25) is 5.02 Å². The molecule has 1 amide bonds. The summed E-state index contributed by atoms with van der Waals surface area (Å²) in [6.07, 6.45) is 2.55. The van der Waals surface area contributed by atoms with E-state index in [1.807, 2.05) is 6.07 Å². The summed E-state index contributed by atoms with van der Waals surface area (Å²) in [6, 6.07) is 13.7. The van der Waals surface area contributed by atoms with Gasteiger partial charge in [-0.25, -0.2) is 23.1 Å². The molecule has 3 heterocycles. The van der Waals surface area contributed by atoms with Gasteiger partial charge in [-0.15, -0.1) is 0 Å². The van der Waals surface area contributed by atoms with Crippen molar-refractivity contribution in [3.63, 3.8) is 0 Å². The summed E-state index contributed by atoms with van der Waals surface area (Å²) >= 11 is 5.88. The summed E-state index contributed by atoms with van der Waals surface area (Å²) < 4.78 is 29.8. The number of hydrogen-bond acceptors (Lipinski definition) is 5. The van der Waals surface area contributed by atoms with Gasteiger partial charge in [0.05, 0.1) is 27.4 Å². The van der Waals surface area contributed by atoms with Crippen LogP contribution in [-0.4, -0.2) is 31.1 Å². The average Bonchev–Trinajstić information content (AvgIpc) is 3.20. The summed E-state index contributed by atoms with van der Waals surface area (Å²) in [5.74, 6) is -0.462. The minimum atomic E-state index is -2.89. The minimum Gasteiger partial charge on any atom is -0.349 e. The van der Waals surface area contributed by atoms with E-state index in [1.165, 1.54) is 10.6 Å². The molecule has 1 aromatic carbocycles. The van der Waals surface area contributed by atoms with Crippen LogP contribution >= 0.6 is 11.6 Å². The van der Waals surface area contributed by atoms with Gasteiger partial charge < -0.3 is 5.32 Å². The first-order valence-electron chi connectivity index (χ1n) is 12.2. The molecule has 0 saturated heterocycles. The third-order valence-corrected chi connectivity index (χ3v) is 7.12. The van der Waals surface area contributed by atoms with Crippen LogP contribution in [0.4, 0.5) is 8.78 Å². The molecule has 1 aliphatic rings. The van der Waals surface area contributed by atoms with E-state index in [2.05, 4.69) is 21.4 Å². The molecule has 1 fully saturated rings. The first-order chi connectivity index (χ1) is 18.4. The Labute approximate surface area is 221 Å². The maximum atomic E-state index is 13.6. The number of aromatic nitrogens is 4. The number of para-hydroxylation sites is 1. The van der Waals surface area contributed by atoms with Crippen LogP contribution in [0, 0.1) is 17.2 Å². The predicted molar refractivity (Wildman–Crippen MR) is 137 cm³/mol. The number of alkyl halides is 2. The first kappa shape index (κ1) is 25.5. The van der Waals surface area contributed by atoms with E-state index in [-0.39, 0.29) is 28.2 Å². The fourth-order valence-electron chi connectivity index (χ4n) is 5.06. The molecule has 0 spiro atoms. The van der Waals surface area contributed by atoms with Crippen LogP contribution in [0.25, 0.3) is 16.9 Å². The van der Waals surface area contributed by atoms with Crippen LogP contribution in [-0.2, 0) is 6.54 Å². The fraction of sp³-hybridized carbons (Fsp3) is 0.296. The highest BCUT2D eigenvalue weighted by atomic mass is 35.5. The van der Waals surface area contributed by atoms with Crippen molar-refractivity contribution in [3.8, 4) is 11.8 Å². The SMILES string of the molecule is N#Cc1ccccc1-n1c(=O)n(C[C@H]2CC[C@H](NC(=O)c3cc(Cl)cnc3C(F)F)CC2)c2cccnc21. The van der Waals surface area contributed by atoms with Crippen molar-refractivity contribution in [2.75, 3.05) is 0 Å². The number of fused-ring (bicyclic) bond motifs is 1. The molecule has 0 unspecified atom stereocenters. The van der Waals surface area contributed by atoms with Crippen LogP contribution in [0.5, 0.6) is 0 Å². The molecule has 194 valence electrons. The van der Waals surface area contributed by atoms with Gasteiger partial charge >= 0.3 is 5.69 Å². The van der Waals surface area contributed by atoms with Crippen molar-refractivity contribution in [1.29, 1.82) is 5.26 Å². The Balaban J connectivity index is 1.32. The topological polar surface area (TPSA) is 106 Å². The molecule has 4 aromatic rings. The van der Waals surface area contributed by atoms with E-state index in [0.29, 0.717) is 41.8 Å². The van der Waals surface area contributed by atoms with Gasteiger partial charge in [0, 0.05) is 25.0 Å². The number of carbonyl (C=O) groups excluding carboxylic acids is 1. The second kappa shape index (κ2) is 10.7. The summed E-state index contributed by atoms with van der Waals surface area (Å²) in [7, 11) is 0. The van der Waals surface area contributed by atoms with E-state index >= 15 is 0 Å². The molecule has 0 radical (unpaired) electrons. The Morgan fingerprint density at radius 2 is 1.92 bits per heavy atom. The zero-order valence-electron chi connectivity index (χ0n) is 20.2. The Hall–Kier alpha value is -4.10. The Morgan fingerprint density at radius 3 is 2.66 bits per heavy atom. The Morgan fingerprint density at radius 1 is 1.16 bits per heavy atom. The lowest BCUT2D eigenvalue weighted by molar-refractivity contribution is 0.0904. The number of nitrogens with zero attached hydrogens (tertiary/aromatic N) is 5. The van der Waals surface area contributed by atoms with Gasteiger partial charge in [0.1, 0.15) is 11.8 Å². The average molecular weight is 537 g/mol. The van der Waals surface area contributed by atoms with E-state index in [1.54, 1.807) is 41.1 Å². The zero-order valence-corrected chi connectivity index (χ0v) is 20.9. The van der Waals surface area contributed by atoms with E-state index in [0.717, 1.165) is 19.0 Å². The molecule has 3 aromatic heterocycles. The molecule has 1 N–H and O–H groups in total. The highest BCUT2D eigenvalue weighted by Crippen LogP contribution is 2.29. The maximum Gasteiger partial charge on any atom is 0.335 e. The fourth-order valence-corrected chi connectivity index (χ4v) is 5.22. The number of carbonyl (C=O) groups is 1. The zero-order chi connectivity index (χ0) is 26.8. The molecule has 38 heavy (non-hydrogen) atoms. The third-order valence-electron chi connectivity index (χ3n) is 6.92. The van der Waals surface area contributed by atoms with Gasteiger partial charge in [0.15, 0.2) is 5.65 Å². The Kier molecular flexibility index (Phi) is 7.20. The number of pyridine rings is 2. The lowest BCUT2D eigenvalue weighted by atomic mass is 9.85. The monoisotopic (exact) mass is 536 g/mol. The molecule has 0 atom stereocenters. The molecular weight excluding hydrogens is 514 g/mol. The van der Waals surface area contributed by atoms with Crippen molar-refractivity contribution in [2.24, 2.45) is 5.92 Å². The standard InChI is InChI=1S/C27H23ClF2N6O2/c28-18-12-20(23(24(29)30)33-14-18)26(37)34-19-9-7-16(8-10-19)15-35-22-6-3-11-32-25(22)36(27(35)38)21-5-2-1-4-17(21)13-31/h1-6,11-12,14,16,19,24H,7-10,15H2,(H,34,37)/t16-,19-. The number of hydrogen-bond donors (Lipinski definition) is 1. The molecule has 11 heteroatoms. The highest BCUT2D eigenvalue weighted by molar-refractivity contribution is 6.30. The number of nitriles is 1. The minimum absolute atomic E-state index is 0.111. The van der Waals surface area contributed by atoms with Crippen LogP contribution in [0.1, 0.15) is 53.7 Å². The molecule has 1 aliphatic carbocycles. The van der Waals surface area contributed by atoms with Crippen molar-refractivity contribution in [3.05, 3.63) is 87.2 Å². The molecule has 1 saturated carbocycles. The largest absolute Gasteiger partial charge is 0.349 e. The number of nitrogens with one attached hydrogen (secondary N) is 1. The quantitative estimate of drug-likeness (QED) is 0.372. The molecule has 5 rings (SSSR count). The maximum absolute atomic E-state index is 13.6. The third kappa shape index (κ3) is 4.89. The summed E-state index contributed by atoms with van der Waals surface area (Å²) in [5.41, 5.74) is 0.916. The van der Waals surface area contributed by atoms with E-state index in [9.17, 15) is 23.6 Å². The Bertz CT molecular complexity index is 1600. The van der Waals surface area contributed by atoms with Crippen molar-refractivity contribution < 1.29 is 13.6 Å². The van der Waals surface area contributed by atoms with Crippen LogP contribution in [0.15, 0.2) is 59.7 Å². The van der Waals surface area contributed by atoms with Gasteiger partial charge in [-0.05, 0) is 61.9 Å². The number of halogens is 3.